The number of aromatic nitrogens is 2. The van der Waals surface area contributed by atoms with Crippen molar-refractivity contribution < 1.29 is 9.59 Å². The number of allylic oxidation sites excluding steroid dienone is 1. The number of para-hydroxylation sites is 1. The van der Waals surface area contributed by atoms with Gasteiger partial charge in [0.05, 0.1) is 11.4 Å². The first-order valence-electron chi connectivity index (χ1n) is 9.41. The maximum atomic E-state index is 12.5. The van der Waals surface area contributed by atoms with Gasteiger partial charge in [-0.2, -0.15) is 5.10 Å². The average molecular weight is 352 g/mol. The van der Waals surface area contributed by atoms with Crippen molar-refractivity contribution in [1.82, 2.24) is 15.5 Å². The van der Waals surface area contributed by atoms with E-state index in [4.69, 9.17) is 0 Å². The van der Waals surface area contributed by atoms with E-state index in [9.17, 15) is 9.59 Å². The quantitative estimate of drug-likeness (QED) is 0.812. The molecule has 0 unspecified atom stereocenters. The molecule has 6 nitrogen and oxygen atoms in total. The van der Waals surface area contributed by atoms with Crippen molar-refractivity contribution in [1.29, 1.82) is 0 Å². The minimum atomic E-state index is -0.307. The number of nitrogens with zero attached hydrogens (tertiary/aromatic N) is 2. The Labute approximate surface area is 152 Å². The summed E-state index contributed by atoms with van der Waals surface area (Å²) in [6.45, 7) is 1.04. The smallest absolute Gasteiger partial charge is 0.229 e. The Morgan fingerprint density at radius 3 is 3.04 bits per heavy atom. The van der Waals surface area contributed by atoms with Gasteiger partial charge >= 0.3 is 0 Å². The van der Waals surface area contributed by atoms with Crippen molar-refractivity contribution in [2.75, 3.05) is 18.0 Å². The second-order valence-electron chi connectivity index (χ2n) is 7.15. The van der Waals surface area contributed by atoms with Gasteiger partial charge in [0.1, 0.15) is 0 Å². The van der Waals surface area contributed by atoms with Gasteiger partial charge in [0.25, 0.3) is 0 Å². The van der Waals surface area contributed by atoms with Crippen LogP contribution in [0.25, 0.3) is 10.9 Å². The molecular weight excluding hydrogens is 328 g/mol. The molecule has 1 aliphatic carbocycles. The summed E-state index contributed by atoms with van der Waals surface area (Å²) < 4.78 is 0. The van der Waals surface area contributed by atoms with E-state index >= 15 is 0 Å². The van der Waals surface area contributed by atoms with E-state index in [0.29, 0.717) is 18.9 Å². The maximum Gasteiger partial charge on any atom is 0.229 e. The zero-order valence-electron chi connectivity index (χ0n) is 14.8. The van der Waals surface area contributed by atoms with Gasteiger partial charge in [-0.05, 0) is 44.2 Å². The van der Waals surface area contributed by atoms with Crippen LogP contribution in [0.1, 0.15) is 38.5 Å². The predicted octanol–water partition coefficient (Wildman–Crippen LogP) is 2.92. The molecule has 0 bridgehead atoms. The van der Waals surface area contributed by atoms with Crippen molar-refractivity contribution in [3.63, 3.8) is 0 Å². The minimum absolute atomic E-state index is 0.0305. The number of rotatable bonds is 5. The van der Waals surface area contributed by atoms with Crippen LogP contribution >= 0.6 is 0 Å². The lowest BCUT2D eigenvalue weighted by molar-refractivity contribution is -0.126. The van der Waals surface area contributed by atoms with Crippen molar-refractivity contribution in [3.05, 3.63) is 35.9 Å². The van der Waals surface area contributed by atoms with E-state index in [0.717, 1.165) is 30.2 Å². The van der Waals surface area contributed by atoms with Crippen LogP contribution < -0.4 is 10.2 Å². The van der Waals surface area contributed by atoms with Gasteiger partial charge in [0, 0.05) is 24.9 Å². The van der Waals surface area contributed by atoms with Gasteiger partial charge < -0.3 is 5.32 Å². The predicted molar refractivity (Wildman–Crippen MR) is 101 cm³/mol. The average Bonchev–Trinajstić information content (AvgIpc) is 3.26. The number of anilines is 1. The van der Waals surface area contributed by atoms with E-state index < -0.39 is 0 Å². The first-order valence-corrected chi connectivity index (χ1v) is 9.41. The van der Waals surface area contributed by atoms with E-state index in [1.54, 1.807) is 4.90 Å². The van der Waals surface area contributed by atoms with E-state index in [-0.39, 0.29) is 24.2 Å². The molecule has 1 fully saturated rings. The van der Waals surface area contributed by atoms with Crippen LogP contribution in [0.15, 0.2) is 35.9 Å². The molecule has 2 aromatic rings. The SMILES string of the molecule is O=C(NCCC1=CCCCC1)[C@H]1CC(=O)N(c2n[nH]c3ccccc23)C1. The molecule has 2 amide bonds. The number of H-pyrrole nitrogens is 1. The molecule has 4 rings (SSSR count). The molecule has 2 aliphatic rings. The number of aromatic amines is 1. The van der Waals surface area contributed by atoms with Crippen LogP contribution in [0, 0.1) is 5.92 Å². The molecule has 136 valence electrons. The Bertz CT molecular complexity index is 854. The number of benzene rings is 1. The maximum absolute atomic E-state index is 12.5. The fourth-order valence-corrected chi connectivity index (χ4v) is 3.86. The highest BCUT2D eigenvalue weighted by Gasteiger charge is 2.36. The third kappa shape index (κ3) is 3.36. The molecule has 1 aliphatic heterocycles. The highest BCUT2D eigenvalue weighted by atomic mass is 16.2. The number of hydrogen-bond acceptors (Lipinski definition) is 3. The molecule has 1 saturated heterocycles. The summed E-state index contributed by atoms with van der Waals surface area (Å²) >= 11 is 0. The van der Waals surface area contributed by atoms with Crippen LogP contribution in [0.3, 0.4) is 0 Å². The Hall–Kier alpha value is -2.63. The highest BCUT2D eigenvalue weighted by Crippen LogP contribution is 2.29. The molecular formula is C20H24N4O2. The summed E-state index contributed by atoms with van der Waals surface area (Å²) in [6.07, 6.45) is 8.31. The van der Waals surface area contributed by atoms with Crippen molar-refractivity contribution >= 4 is 28.5 Å². The van der Waals surface area contributed by atoms with E-state index in [1.807, 2.05) is 24.3 Å². The van der Waals surface area contributed by atoms with Crippen LogP contribution in [0.4, 0.5) is 5.82 Å². The topological polar surface area (TPSA) is 78.1 Å². The minimum Gasteiger partial charge on any atom is -0.355 e. The summed E-state index contributed by atoms with van der Waals surface area (Å²) in [4.78, 5) is 26.5. The second kappa shape index (κ2) is 7.32. The van der Waals surface area contributed by atoms with Crippen molar-refractivity contribution in [2.24, 2.45) is 5.92 Å². The number of fused-ring (bicyclic) bond motifs is 1. The molecule has 2 N–H and O–H groups in total. The van der Waals surface area contributed by atoms with E-state index in [1.165, 1.54) is 18.4 Å². The van der Waals surface area contributed by atoms with Gasteiger partial charge in [-0.25, -0.2) is 0 Å². The number of nitrogens with one attached hydrogen (secondary N) is 2. The summed E-state index contributed by atoms with van der Waals surface area (Å²) in [7, 11) is 0. The third-order valence-electron chi connectivity index (χ3n) is 5.33. The summed E-state index contributed by atoms with van der Waals surface area (Å²) in [5, 5.41) is 11.2. The molecule has 1 aromatic carbocycles. The normalized spacial score (nSPS) is 20.5. The molecule has 1 atom stereocenters. The molecule has 26 heavy (non-hydrogen) atoms. The molecule has 2 heterocycles. The van der Waals surface area contributed by atoms with E-state index in [2.05, 4.69) is 21.6 Å². The van der Waals surface area contributed by atoms with Crippen molar-refractivity contribution in [2.45, 2.75) is 38.5 Å². The van der Waals surface area contributed by atoms with Gasteiger partial charge in [0.15, 0.2) is 5.82 Å². The fraction of sp³-hybridized carbons (Fsp3) is 0.450. The summed E-state index contributed by atoms with van der Waals surface area (Å²) in [5.41, 5.74) is 2.34. The number of amides is 2. The van der Waals surface area contributed by atoms with Crippen LogP contribution in [0.2, 0.25) is 0 Å². The van der Waals surface area contributed by atoms with Crippen molar-refractivity contribution in [3.8, 4) is 0 Å². The molecule has 0 saturated carbocycles. The number of hydrogen-bond donors (Lipinski definition) is 2. The molecule has 1 aromatic heterocycles. The molecule has 6 heteroatoms. The second-order valence-corrected chi connectivity index (χ2v) is 7.15. The lowest BCUT2D eigenvalue weighted by Gasteiger charge is -2.15. The highest BCUT2D eigenvalue weighted by molar-refractivity contribution is 6.05. The van der Waals surface area contributed by atoms with Crippen LogP contribution in [0.5, 0.6) is 0 Å². The third-order valence-corrected chi connectivity index (χ3v) is 5.33. The Morgan fingerprint density at radius 2 is 2.19 bits per heavy atom. The lowest BCUT2D eigenvalue weighted by atomic mass is 9.97. The zero-order chi connectivity index (χ0) is 17.9. The Morgan fingerprint density at radius 1 is 1.31 bits per heavy atom. The fourth-order valence-electron chi connectivity index (χ4n) is 3.86. The largest absolute Gasteiger partial charge is 0.355 e. The van der Waals surface area contributed by atoms with Gasteiger partial charge in [-0.3, -0.25) is 19.6 Å². The van der Waals surface area contributed by atoms with Crippen LogP contribution in [-0.4, -0.2) is 35.1 Å². The first kappa shape index (κ1) is 16.8. The number of carbonyl (C=O) groups excluding carboxylic acids is 2. The summed E-state index contributed by atoms with van der Waals surface area (Å²) in [5.74, 6) is 0.237. The Kier molecular flexibility index (Phi) is 4.73. The van der Waals surface area contributed by atoms with Gasteiger partial charge in [-0.1, -0.05) is 23.8 Å². The van der Waals surface area contributed by atoms with Gasteiger partial charge in [-0.15, -0.1) is 0 Å². The lowest BCUT2D eigenvalue weighted by Crippen LogP contribution is -2.33. The number of carbonyl (C=O) groups is 2. The summed E-state index contributed by atoms with van der Waals surface area (Å²) in [6, 6.07) is 7.71. The molecule has 0 spiro atoms. The Balaban J connectivity index is 1.36. The van der Waals surface area contributed by atoms with Gasteiger partial charge in [0.2, 0.25) is 11.8 Å². The zero-order valence-corrected chi connectivity index (χ0v) is 14.8. The standard InChI is InChI=1S/C20H24N4O2/c25-18-12-15(20(26)21-11-10-14-6-2-1-3-7-14)13-24(18)19-16-8-4-5-9-17(16)22-23-19/h4-6,8-9,15H,1-3,7,10-13H2,(H,21,26)(H,22,23)/t15-/m0/s1. The monoisotopic (exact) mass is 352 g/mol. The first-order chi connectivity index (χ1) is 12.7. The van der Waals surface area contributed by atoms with Crippen LogP contribution in [-0.2, 0) is 9.59 Å². The molecule has 0 radical (unpaired) electrons.